The van der Waals surface area contributed by atoms with Crippen LogP contribution in [-0.4, -0.2) is 35.3 Å². The Kier molecular flexibility index (Phi) is 3.48. The summed E-state index contributed by atoms with van der Waals surface area (Å²) >= 11 is 0. The Morgan fingerprint density at radius 2 is 2.29 bits per heavy atom. The second-order valence-electron chi connectivity index (χ2n) is 4.37. The van der Waals surface area contributed by atoms with Crippen LogP contribution in [0, 0.1) is 5.92 Å². The molecule has 0 radical (unpaired) electrons. The lowest BCUT2D eigenvalue weighted by Gasteiger charge is -2.10. The molecule has 0 fully saturated rings. The Morgan fingerprint density at radius 3 is 2.94 bits per heavy atom. The van der Waals surface area contributed by atoms with Gasteiger partial charge in [-0.3, -0.25) is 0 Å². The number of nitrogens with zero attached hydrogens (tertiary/aromatic N) is 5. The summed E-state index contributed by atoms with van der Waals surface area (Å²) in [5, 5.41) is 24.1. The van der Waals surface area contributed by atoms with Gasteiger partial charge in [0.15, 0.2) is 0 Å². The maximum absolute atomic E-state index is 9.94. The van der Waals surface area contributed by atoms with Crippen molar-refractivity contribution >= 4 is 0 Å². The van der Waals surface area contributed by atoms with Crippen LogP contribution >= 0.6 is 0 Å². The molecule has 1 atom stereocenters. The molecule has 0 aromatic carbocycles. The monoisotopic (exact) mass is 236 g/mol. The van der Waals surface area contributed by atoms with Crippen LogP contribution in [0.1, 0.15) is 31.5 Å². The average molecular weight is 236 g/mol. The molecule has 0 amide bonds. The molecule has 0 aliphatic carbocycles. The minimum Gasteiger partial charge on any atom is -0.386 e. The van der Waals surface area contributed by atoms with Gasteiger partial charge < -0.3 is 5.11 Å². The standard InChI is InChI=1S/C10H16N6O/c1-7(2)5-16-10(11-6-13-16)3-9(17)8-4-12-15-14-8/h4,6-7,9,17H,3,5H2,1-2H3,(H,12,14,15). The minimum atomic E-state index is -0.705. The Labute approximate surface area is 98.9 Å². The molecule has 0 saturated carbocycles. The van der Waals surface area contributed by atoms with E-state index in [4.69, 9.17) is 0 Å². The van der Waals surface area contributed by atoms with Gasteiger partial charge in [0.2, 0.25) is 0 Å². The van der Waals surface area contributed by atoms with Gasteiger partial charge in [0, 0.05) is 13.0 Å². The number of aliphatic hydroxyl groups is 1. The summed E-state index contributed by atoms with van der Waals surface area (Å²) in [6, 6.07) is 0. The maximum Gasteiger partial charge on any atom is 0.138 e. The molecule has 17 heavy (non-hydrogen) atoms. The van der Waals surface area contributed by atoms with Crippen molar-refractivity contribution in [3.8, 4) is 0 Å². The van der Waals surface area contributed by atoms with Gasteiger partial charge in [0.25, 0.3) is 0 Å². The zero-order valence-corrected chi connectivity index (χ0v) is 9.91. The number of hydrogen-bond donors (Lipinski definition) is 2. The van der Waals surface area contributed by atoms with E-state index in [1.165, 1.54) is 12.5 Å². The van der Waals surface area contributed by atoms with Crippen LogP contribution in [-0.2, 0) is 13.0 Å². The molecule has 2 rings (SSSR count). The normalized spacial score (nSPS) is 13.2. The molecular weight excluding hydrogens is 220 g/mol. The summed E-state index contributed by atoms with van der Waals surface area (Å²) in [4.78, 5) is 4.15. The lowest BCUT2D eigenvalue weighted by atomic mass is 10.2. The summed E-state index contributed by atoms with van der Waals surface area (Å²) in [7, 11) is 0. The van der Waals surface area contributed by atoms with Crippen molar-refractivity contribution in [2.75, 3.05) is 0 Å². The van der Waals surface area contributed by atoms with Gasteiger partial charge >= 0.3 is 0 Å². The molecule has 0 aliphatic heterocycles. The van der Waals surface area contributed by atoms with Gasteiger partial charge in [0.1, 0.15) is 23.9 Å². The molecule has 7 heteroatoms. The molecular formula is C10H16N6O. The Hall–Kier alpha value is -1.76. The maximum atomic E-state index is 9.94. The summed E-state index contributed by atoms with van der Waals surface area (Å²) in [6.07, 6.45) is 2.70. The molecule has 2 aromatic heterocycles. The van der Waals surface area contributed by atoms with Gasteiger partial charge in [-0.15, -0.1) is 0 Å². The molecule has 2 aromatic rings. The quantitative estimate of drug-likeness (QED) is 0.780. The zero-order valence-electron chi connectivity index (χ0n) is 9.91. The average Bonchev–Trinajstić information content (AvgIpc) is 2.89. The van der Waals surface area contributed by atoms with E-state index in [0.29, 0.717) is 18.0 Å². The Morgan fingerprint density at radius 1 is 1.47 bits per heavy atom. The highest BCUT2D eigenvalue weighted by molar-refractivity contribution is 5.00. The molecule has 0 aliphatic rings. The predicted molar refractivity (Wildman–Crippen MR) is 59.9 cm³/mol. The third-order valence-electron chi connectivity index (χ3n) is 2.38. The number of aromatic amines is 1. The van der Waals surface area contributed by atoms with Crippen LogP contribution in [0.15, 0.2) is 12.5 Å². The lowest BCUT2D eigenvalue weighted by molar-refractivity contribution is 0.168. The number of hydrogen-bond acceptors (Lipinski definition) is 5. The summed E-state index contributed by atoms with van der Waals surface area (Å²) in [5.74, 6) is 1.24. The number of nitrogens with one attached hydrogen (secondary N) is 1. The van der Waals surface area contributed by atoms with Crippen LogP contribution in [0.5, 0.6) is 0 Å². The fourth-order valence-electron chi connectivity index (χ4n) is 1.59. The van der Waals surface area contributed by atoms with E-state index in [2.05, 4.69) is 39.3 Å². The van der Waals surface area contributed by atoms with Crippen molar-refractivity contribution in [2.45, 2.75) is 32.9 Å². The third kappa shape index (κ3) is 2.88. The van der Waals surface area contributed by atoms with E-state index in [1.807, 2.05) is 4.68 Å². The highest BCUT2D eigenvalue weighted by Gasteiger charge is 2.15. The van der Waals surface area contributed by atoms with Crippen LogP contribution in [0.25, 0.3) is 0 Å². The van der Waals surface area contributed by atoms with Gasteiger partial charge in [-0.1, -0.05) is 13.8 Å². The second kappa shape index (κ2) is 5.05. The molecule has 0 bridgehead atoms. The molecule has 0 saturated heterocycles. The number of rotatable bonds is 5. The first-order chi connectivity index (χ1) is 8.16. The summed E-state index contributed by atoms with van der Waals surface area (Å²) in [6.45, 7) is 5.01. The van der Waals surface area contributed by atoms with E-state index in [0.717, 1.165) is 12.4 Å². The van der Waals surface area contributed by atoms with Crippen molar-refractivity contribution in [1.82, 2.24) is 30.2 Å². The smallest absolute Gasteiger partial charge is 0.138 e. The zero-order chi connectivity index (χ0) is 12.3. The summed E-state index contributed by atoms with van der Waals surface area (Å²) < 4.78 is 1.81. The van der Waals surface area contributed by atoms with Crippen molar-refractivity contribution in [1.29, 1.82) is 0 Å². The van der Waals surface area contributed by atoms with Gasteiger partial charge in [-0.25, -0.2) is 9.67 Å². The second-order valence-corrected chi connectivity index (χ2v) is 4.37. The first-order valence-electron chi connectivity index (χ1n) is 5.57. The van der Waals surface area contributed by atoms with E-state index in [1.54, 1.807) is 0 Å². The van der Waals surface area contributed by atoms with Crippen molar-refractivity contribution in [3.05, 3.63) is 24.0 Å². The van der Waals surface area contributed by atoms with Crippen LogP contribution in [0.2, 0.25) is 0 Å². The Bertz CT molecular complexity index is 449. The fraction of sp³-hybridized carbons (Fsp3) is 0.600. The van der Waals surface area contributed by atoms with Gasteiger partial charge in [0.05, 0.1) is 6.20 Å². The molecule has 2 heterocycles. The first-order valence-corrected chi connectivity index (χ1v) is 5.57. The Balaban J connectivity index is 2.06. The van der Waals surface area contributed by atoms with E-state index in [-0.39, 0.29) is 0 Å². The number of aromatic nitrogens is 6. The first kappa shape index (κ1) is 11.7. The number of aliphatic hydroxyl groups excluding tert-OH is 1. The predicted octanol–water partition coefficient (Wildman–Crippen LogP) is 0.328. The van der Waals surface area contributed by atoms with Gasteiger partial charge in [-0.05, 0) is 5.92 Å². The van der Waals surface area contributed by atoms with Crippen LogP contribution < -0.4 is 0 Å². The van der Waals surface area contributed by atoms with Crippen LogP contribution in [0.4, 0.5) is 0 Å². The molecule has 7 nitrogen and oxygen atoms in total. The molecule has 92 valence electrons. The highest BCUT2D eigenvalue weighted by atomic mass is 16.3. The van der Waals surface area contributed by atoms with Crippen LogP contribution in [0.3, 0.4) is 0 Å². The van der Waals surface area contributed by atoms with Gasteiger partial charge in [-0.2, -0.15) is 20.5 Å². The highest BCUT2D eigenvalue weighted by Crippen LogP contribution is 2.14. The topological polar surface area (TPSA) is 92.5 Å². The largest absolute Gasteiger partial charge is 0.386 e. The SMILES string of the molecule is CC(C)Cn1ncnc1CC(O)c1cn[nH]n1. The van der Waals surface area contributed by atoms with Crippen molar-refractivity contribution in [2.24, 2.45) is 5.92 Å². The van der Waals surface area contributed by atoms with E-state index in [9.17, 15) is 5.11 Å². The fourth-order valence-corrected chi connectivity index (χ4v) is 1.59. The minimum absolute atomic E-state index is 0.388. The van der Waals surface area contributed by atoms with Crippen molar-refractivity contribution < 1.29 is 5.11 Å². The number of H-pyrrole nitrogens is 1. The van der Waals surface area contributed by atoms with E-state index >= 15 is 0 Å². The van der Waals surface area contributed by atoms with E-state index < -0.39 is 6.10 Å². The summed E-state index contributed by atoms with van der Waals surface area (Å²) in [5.41, 5.74) is 0.518. The molecule has 0 spiro atoms. The molecule has 1 unspecified atom stereocenters. The third-order valence-corrected chi connectivity index (χ3v) is 2.38. The lowest BCUT2D eigenvalue weighted by Crippen LogP contribution is -2.13. The van der Waals surface area contributed by atoms with Crippen molar-refractivity contribution in [3.63, 3.8) is 0 Å². The molecule has 2 N–H and O–H groups in total.